The Bertz CT molecular complexity index is 1020. The molecule has 146 valence electrons. The zero-order valence-electron chi connectivity index (χ0n) is 17.0. The van der Waals surface area contributed by atoms with Gasteiger partial charge in [0, 0.05) is 11.6 Å². The molecule has 29 heavy (non-hydrogen) atoms. The molecule has 2 nitrogen and oxygen atoms in total. The van der Waals surface area contributed by atoms with Crippen molar-refractivity contribution in [1.82, 2.24) is 0 Å². The van der Waals surface area contributed by atoms with Crippen LogP contribution in [0.5, 0.6) is 0 Å². The van der Waals surface area contributed by atoms with E-state index in [-0.39, 0.29) is 0 Å². The van der Waals surface area contributed by atoms with Crippen LogP contribution in [0.4, 0.5) is 0 Å². The third-order valence-electron chi connectivity index (χ3n) is 6.16. The van der Waals surface area contributed by atoms with E-state index >= 15 is 0 Å². The number of ether oxygens (including phenoxy) is 1. The molecule has 0 N–H and O–H groups in total. The normalized spacial score (nSPS) is 20.4. The third kappa shape index (κ3) is 3.72. The predicted octanol–water partition coefficient (Wildman–Crippen LogP) is 6.48. The van der Waals surface area contributed by atoms with Crippen LogP contribution in [0.2, 0.25) is 0 Å². The number of aryl methyl sites for hydroxylation is 1. The van der Waals surface area contributed by atoms with E-state index < -0.39 is 0 Å². The number of benzene rings is 2. The van der Waals surface area contributed by atoms with Crippen molar-refractivity contribution in [3.63, 3.8) is 0 Å². The molecule has 1 unspecified atom stereocenters. The lowest BCUT2D eigenvalue weighted by Gasteiger charge is -2.24. The van der Waals surface area contributed by atoms with E-state index in [2.05, 4.69) is 67.6 Å². The fraction of sp³-hybridized carbons (Fsp3) is 0.296. The predicted molar refractivity (Wildman–Crippen MR) is 119 cm³/mol. The maximum Gasteiger partial charge on any atom is 0.145 e. The van der Waals surface area contributed by atoms with E-state index in [0.29, 0.717) is 12.5 Å². The van der Waals surface area contributed by atoms with Gasteiger partial charge in [0.25, 0.3) is 0 Å². The second-order valence-corrected chi connectivity index (χ2v) is 8.30. The summed E-state index contributed by atoms with van der Waals surface area (Å²) in [5.41, 5.74) is 9.20. The lowest BCUT2D eigenvalue weighted by atomic mass is 9.80. The Balaban J connectivity index is 1.45. The Morgan fingerprint density at radius 3 is 2.55 bits per heavy atom. The SMILES string of the molecule is Cc1ccc(CC2C=CC(OCc3ccccc3)=C3N=C4CCCCC4=C32)cc1. The highest BCUT2D eigenvalue weighted by Crippen LogP contribution is 2.43. The van der Waals surface area contributed by atoms with Gasteiger partial charge < -0.3 is 4.74 Å². The Hall–Kier alpha value is -2.87. The Kier molecular flexibility index (Phi) is 4.93. The molecule has 1 atom stereocenters. The van der Waals surface area contributed by atoms with Gasteiger partial charge in [-0.05, 0) is 67.4 Å². The van der Waals surface area contributed by atoms with Crippen LogP contribution in [-0.2, 0) is 17.8 Å². The van der Waals surface area contributed by atoms with Gasteiger partial charge in [-0.15, -0.1) is 0 Å². The highest BCUT2D eigenvalue weighted by atomic mass is 16.5. The van der Waals surface area contributed by atoms with E-state index in [0.717, 1.165) is 30.7 Å². The van der Waals surface area contributed by atoms with Crippen molar-refractivity contribution in [3.05, 3.63) is 106 Å². The molecule has 1 fully saturated rings. The van der Waals surface area contributed by atoms with Crippen LogP contribution in [0.1, 0.15) is 42.4 Å². The Morgan fingerprint density at radius 1 is 0.931 bits per heavy atom. The number of fused-ring (bicyclic) bond motifs is 2. The molecule has 2 aromatic carbocycles. The smallest absolute Gasteiger partial charge is 0.145 e. The van der Waals surface area contributed by atoms with Crippen LogP contribution in [0.3, 0.4) is 0 Å². The molecule has 0 amide bonds. The minimum atomic E-state index is 0.381. The van der Waals surface area contributed by atoms with E-state index in [1.54, 1.807) is 0 Å². The molecule has 0 saturated heterocycles. The van der Waals surface area contributed by atoms with Gasteiger partial charge in [0.1, 0.15) is 18.1 Å². The second-order valence-electron chi connectivity index (χ2n) is 8.30. The number of allylic oxidation sites excluding steroid dienone is 4. The first-order chi connectivity index (χ1) is 14.3. The molecule has 1 saturated carbocycles. The van der Waals surface area contributed by atoms with Gasteiger partial charge >= 0.3 is 0 Å². The molecular formula is C27H27NO. The van der Waals surface area contributed by atoms with Gasteiger partial charge in [-0.3, -0.25) is 0 Å². The summed E-state index contributed by atoms with van der Waals surface area (Å²) in [6.07, 6.45) is 10.3. The van der Waals surface area contributed by atoms with Gasteiger partial charge in [0.05, 0.1) is 0 Å². The van der Waals surface area contributed by atoms with Crippen molar-refractivity contribution in [2.24, 2.45) is 10.9 Å². The summed E-state index contributed by atoms with van der Waals surface area (Å²) < 4.78 is 6.25. The van der Waals surface area contributed by atoms with E-state index in [4.69, 9.17) is 9.73 Å². The van der Waals surface area contributed by atoms with Gasteiger partial charge in [-0.25, -0.2) is 4.99 Å². The van der Waals surface area contributed by atoms with E-state index in [1.165, 1.54) is 46.4 Å². The van der Waals surface area contributed by atoms with Crippen LogP contribution < -0.4 is 0 Å². The van der Waals surface area contributed by atoms with E-state index in [1.807, 2.05) is 6.07 Å². The first-order valence-corrected chi connectivity index (χ1v) is 10.7. The number of aliphatic imine (C=N–C) groups is 1. The summed E-state index contributed by atoms with van der Waals surface area (Å²) in [6.45, 7) is 2.73. The monoisotopic (exact) mass is 381 g/mol. The molecule has 0 spiro atoms. The molecule has 3 aliphatic rings. The summed E-state index contributed by atoms with van der Waals surface area (Å²) in [5, 5.41) is 0. The molecule has 2 aliphatic carbocycles. The van der Waals surface area contributed by atoms with Crippen molar-refractivity contribution in [2.45, 2.75) is 45.6 Å². The van der Waals surface area contributed by atoms with Crippen LogP contribution in [0.25, 0.3) is 0 Å². The quantitative estimate of drug-likeness (QED) is 0.581. The van der Waals surface area contributed by atoms with Crippen molar-refractivity contribution in [3.8, 4) is 0 Å². The largest absolute Gasteiger partial charge is 0.487 e. The van der Waals surface area contributed by atoms with Crippen LogP contribution in [-0.4, -0.2) is 5.71 Å². The molecule has 0 bridgehead atoms. The summed E-state index contributed by atoms with van der Waals surface area (Å²) >= 11 is 0. The average Bonchev–Trinajstić information content (AvgIpc) is 3.16. The zero-order valence-corrected chi connectivity index (χ0v) is 17.0. The fourth-order valence-corrected chi connectivity index (χ4v) is 4.61. The highest BCUT2D eigenvalue weighted by molar-refractivity contribution is 6.05. The van der Waals surface area contributed by atoms with Crippen molar-refractivity contribution in [2.75, 3.05) is 0 Å². The van der Waals surface area contributed by atoms with Crippen molar-refractivity contribution in [1.29, 1.82) is 0 Å². The number of rotatable bonds is 5. The van der Waals surface area contributed by atoms with Gasteiger partial charge in [-0.1, -0.05) is 66.2 Å². The Labute approximate surface area is 173 Å². The minimum Gasteiger partial charge on any atom is -0.487 e. The molecular weight excluding hydrogens is 354 g/mol. The van der Waals surface area contributed by atoms with E-state index in [9.17, 15) is 0 Å². The molecule has 1 heterocycles. The summed E-state index contributed by atoms with van der Waals surface area (Å²) in [6, 6.07) is 19.3. The molecule has 0 radical (unpaired) electrons. The molecule has 2 aromatic rings. The molecule has 2 heteroatoms. The summed E-state index contributed by atoms with van der Waals surface area (Å²) in [5.74, 6) is 1.31. The first kappa shape index (κ1) is 18.2. The van der Waals surface area contributed by atoms with Crippen LogP contribution >= 0.6 is 0 Å². The lowest BCUT2D eigenvalue weighted by Crippen LogP contribution is -2.15. The number of nitrogens with zero attached hydrogens (tertiary/aromatic N) is 1. The van der Waals surface area contributed by atoms with Gasteiger partial charge in [0.15, 0.2) is 0 Å². The minimum absolute atomic E-state index is 0.381. The number of hydrogen-bond acceptors (Lipinski definition) is 2. The van der Waals surface area contributed by atoms with Crippen LogP contribution in [0, 0.1) is 12.8 Å². The van der Waals surface area contributed by atoms with Crippen LogP contribution in [0.15, 0.2) is 94.3 Å². The standard InChI is InChI=1S/C27H27NO/c1-19-11-13-20(14-12-19)17-22-15-16-25(29-18-21-7-3-2-4-8-21)27-26(22)23-9-5-6-10-24(23)28-27/h2-4,7-8,11-16,22H,5-6,9-10,17-18H2,1H3. The lowest BCUT2D eigenvalue weighted by molar-refractivity contribution is 0.206. The maximum atomic E-state index is 6.25. The topological polar surface area (TPSA) is 21.6 Å². The van der Waals surface area contributed by atoms with Gasteiger partial charge in [-0.2, -0.15) is 0 Å². The molecule has 0 aromatic heterocycles. The zero-order chi connectivity index (χ0) is 19.6. The molecule has 5 rings (SSSR count). The average molecular weight is 382 g/mol. The first-order valence-electron chi connectivity index (χ1n) is 10.7. The maximum absolute atomic E-state index is 6.25. The fourth-order valence-electron chi connectivity index (χ4n) is 4.61. The summed E-state index contributed by atoms with van der Waals surface area (Å²) in [7, 11) is 0. The third-order valence-corrected chi connectivity index (χ3v) is 6.16. The highest BCUT2D eigenvalue weighted by Gasteiger charge is 2.34. The summed E-state index contributed by atoms with van der Waals surface area (Å²) in [4.78, 5) is 5.08. The second kappa shape index (κ2) is 7.87. The van der Waals surface area contributed by atoms with Gasteiger partial charge in [0.2, 0.25) is 0 Å². The number of hydrogen-bond donors (Lipinski definition) is 0. The van der Waals surface area contributed by atoms with Crippen molar-refractivity contribution >= 4 is 5.71 Å². The Morgan fingerprint density at radius 2 is 1.72 bits per heavy atom. The van der Waals surface area contributed by atoms with Crippen molar-refractivity contribution < 1.29 is 4.74 Å². The molecule has 1 aliphatic heterocycles.